The number of ether oxygens (including phenoxy) is 2. The summed E-state index contributed by atoms with van der Waals surface area (Å²) >= 11 is 0. The Morgan fingerprint density at radius 2 is 0.838 bits per heavy atom. The lowest BCUT2D eigenvalue weighted by atomic mass is 9.99. The number of amides is 1. The molecule has 1 fully saturated rings. The van der Waals surface area contributed by atoms with Gasteiger partial charge in [0.2, 0.25) is 5.91 Å². The molecule has 0 aromatic carbocycles. The number of carbonyl (C=O) groups excluding carboxylic acids is 1. The van der Waals surface area contributed by atoms with E-state index >= 15 is 0 Å². The van der Waals surface area contributed by atoms with Crippen molar-refractivity contribution in [2.75, 3.05) is 13.2 Å². The van der Waals surface area contributed by atoms with E-state index in [1.54, 1.807) is 6.08 Å². The zero-order chi connectivity index (χ0) is 53.6. The third kappa shape index (κ3) is 42.0. The highest BCUT2D eigenvalue weighted by molar-refractivity contribution is 5.76. The Labute approximate surface area is 453 Å². The fourth-order valence-electron chi connectivity index (χ4n) is 8.88. The van der Waals surface area contributed by atoms with Crippen molar-refractivity contribution < 1.29 is 39.8 Å². The zero-order valence-electron chi connectivity index (χ0n) is 47.1. The Morgan fingerprint density at radius 3 is 1.24 bits per heavy atom. The van der Waals surface area contributed by atoms with Gasteiger partial charge in [0.15, 0.2) is 6.29 Å². The van der Waals surface area contributed by atoms with Crippen molar-refractivity contribution in [2.24, 2.45) is 0 Å². The van der Waals surface area contributed by atoms with Crippen LogP contribution in [0.15, 0.2) is 109 Å². The first-order chi connectivity index (χ1) is 36.3. The second-order valence-corrected chi connectivity index (χ2v) is 20.4. The first kappa shape index (κ1) is 68.9. The fourth-order valence-corrected chi connectivity index (χ4v) is 8.88. The summed E-state index contributed by atoms with van der Waals surface area (Å²) in [5.41, 5.74) is 0. The van der Waals surface area contributed by atoms with Crippen molar-refractivity contribution in [1.82, 2.24) is 5.32 Å². The standard InChI is InChI=1S/C65H111NO8/c1-3-5-7-9-11-13-15-17-19-21-23-25-27-28-29-30-31-32-33-35-37-39-41-43-45-47-49-51-53-55-61(69)66-58(57-73-65-64(72)63(71)62(70)60(56-67)74-65)59(68)54-52-50-48-46-44-42-40-38-36-34-26-24-22-20-18-16-14-12-10-8-6-4-2/h5,7,11,13,17,19,23,25,28-29,31-32,35,37,41,43,52,54,58-60,62-65,67-68,70-72H,3-4,6,8-10,12,14-16,18,20-22,24,26-27,30,33-34,36,38-40,42,44-51,53,55-57H2,1-2H3,(H,66,69)/b7-5-,13-11-,19-17-,25-23-,29-28-,32-31-,37-35-,43-41-,54-52+. The Bertz CT molecular complexity index is 1530. The van der Waals surface area contributed by atoms with Crippen molar-refractivity contribution in [3.8, 4) is 0 Å². The third-order valence-corrected chi connectivity index (χ3v) is 13.6. The maximum absolute atomic E-state index is 13.1. The molecule has 6 N–H and O–H groups in total. The van der Waals surface area contributed by atoms with Crippen molar-refractivity contribution in [3.05, 3.63) is 109 Å². The van der Waals surface area contributed by atoms with Crippen LogP contribution in [0.2, 0.25) is 0 Å². The summed E-state index contributed by atoms with van der Waals surface area (Å²) in [4.78, 5) is 13.1. The van der Waals surface area contributed by atoms with E-state index in [9.17, 15) is 30.3 Å². The van der Waals surface area contributed by atoms with E-state index in [1.165, 1.54) is 116 Å². The number of unbranched alkanes of at least 4 members (excludes halogenated alkanes) is 24. The van der Waals surface area contributed by atoms with Crippen LogP contribution in [0, 0.1) is 0 Å². The van der Waals surface area contributed by atoms with Gasteiger partial charge in [-0.15, -0.1) is 0 Å². The van der Waals surface area contributed by atoms with E-state index in [-0.39, 0.29) is 12.5 Å². The molecule has 7 unspecified atom stereocenters. The van der Waals surface area contributed by atoms with Gasteiger partial charge in [0.25, 0.3) is 0 Å². The van der Waals surface area contributed by atoms with E-state index in [0.717, 1.165) is 103 Å². The summed E-state index contributed by atoms with van der Waals surface area (Å²) in [5, 5.41) is 54.6. The van der Waals surface area contributed by atoms with Crippen LogP contribution in [0.1, 0.15) is 239 Å². The van der Waals surface area contributed by atoms with Gasteiger partial charge >= 0.3 is 0 Å². The van der Waals surface area contributed by atoms with Gasteiger partial charge in [-0.3, -0.25) is 4.79 Å². The largest absolute Gasteiger partial charge is 0.394 e. The Hall–Kier alpha value is -3.15. The van der Waals surface area contributed by atoms with Crippen molar-refractivity contribution in [3.63, 3.8) is 0 Å². The van der Waals surface area contributed by atoms with E-state index in [2.05, 4.69) is 116 Å². The SMILES string of the molecule is CC/C=C\C/C=C\C/C=C\C/C=C\C/C=C\C/C=C\C/C=C\C/C=C\CCCCCCC(=O)NC(COC1OC(CO)C(O)C(O)C1O)C(O)/C=C/CCCCCCCCCCCCCCCCCCCCCC. The maximum atomic E-state index is 13.1. The van der Waals surface area contributed by atoms with E-state index in [0.29, 0.717) is 6.42 Å². The minimum absolute atomic E-state index is 0.204. The van der Waals surface area contributed by atoms with Crippen LogP contribution in [0.4, 0.5) is 0 Å². The van der Waals surface area contributed by atoms with Gasteiger partial charge in [-0.05, 0) is 83.5 Å². The van der Waals surface area contributed by atoms with Crippen molar-refractivity contribution >= 4 is 5.91 Å². The quantitative estimate of drug-likeness (QED) is 0.0261. The summed E-state index contributed by atoms with van der Waals surface area (Å²) in [6.07, 6.45) is 71.5. The Morgan fingerprint density at radius 1 is 0.473 bits per heavy atom. The molecule has 1 saturated heterocycles. The lowest BCUT2D eigenvalue weighted by Gasteiger charge is -2.40. The molecule has 0 spiro atoms. The van der Waals surface area contributed by atoms with Crippen molar-refractivity contribution in [1.29, 1.82) is 0 Å². The summed E-state index contributed by atoms with van der Waals surface area (Å²) in [7, 11) is 0. The molecular formula is C65H111NO8. The second kappa shape index (κ2) is 53.3. The molecule has 9 heteroatoms. The van der Waals surface area contributed by atoms with E-state index in [4.69, 9.17) is 9.47 Å². The van der Waals surface area contributed by atoms with Gasteiger partial charge in [0.05, 0.1) is 25.4 Å². The minimum atomic E-state index is -1.58. The van der Waals surface area contributed by atoms with Gasteiger partial charge in [0, 0.05) is 6.42 Å². The summed E-state index contributed by atoms with van der Waals surface area (Å²) in [6.45, 7) is 3.66. The molecule has 9 nitrogen and oxygen atoms in total. The molecule has 1 aliphatic rings. The molecule has 0 aliphatic carbocycles. The third-order valence-electron chi connectivity index (χ3n) is 13.6. The predicted octanol–water partition coefficient (Wildman–Crippen LogP) is 15.3. The fraction of sp³-hybridized carbons (Fsp3) is 0.708. The molecule has 0 bridgehead atoms. The molecule has 1 heterocycles. The highest BCUT2D eigenvalue weighted by atomic mass is 16.7. The smallest absolute Gasteiger partial charge is 0.220 e. The van der Waals surface area contributed by atoms with Crippen LogP contribution >= 0.6 is 0 Å². The topological polar surface area (TPSA) is 149 Å². The highest BCUT2D eigenvalue weighted by Crippen LogP contribution is 2.23. The monoisotopic (exact) mass is 1030 g/mol. The van der Waals surface area contributed by atoms with Gasteiger partial charge in [-0.1, -0.05) is 258 Å². The molecule has 1 aliphatic heterocycles. The second-order valence-electron chi connectivity index (χ2n) is 20.4. The highest BCUT2D eigenvalue weighted by Gasteiger charge is 2.44. The summed E-state index contributed by atoms with van der Waals surface area (Å²) < 4.78 is 11.3. The molecule has 0 saturated carbocycles. The molecule has 0 aromatic rings. The first-order valence-corrected chi connectivity index (χ1v) is 30.1. The minimum Gasteiger partial charge on any atom is -0.394 e. The van der Waals surface area contributed by atoms with Gasteiger partial charge in [-0.25, -0.2) is 0 Å². The van der Waals surface area contributed by atoms with E-state index in [1.807, 2.05) is 6.08 Å². The van der Waals surface area contributed by atoms with Crippen LogP contribution < -0.4 is 5.32 Å². The number of hydrogen-bond acceptors (Lipinski definition) is 8. The lowest BCUT2D eigenvalue weighted by Crippen LogP contribution is -2.60. The number of aliphatic hydroxyl groups is 5. The van der Waals surface area contributed by atoms with Crippen LogP contribution in [-0.4, -0.2) is 87.5 Å². The molecule has 74 heavy (non-hydrogen) atoms. The number of allylic oxidation sites excluding steroid dienone is 17. The molecule has 0 radical (unpaired) electrons. The Balaban J connectivity index is 2.27. The first-order valence-electron chi connectivity index (χ1n) is 30.1. The average molecular weight is 1030 g/mol. The van der Waals surface area contributed by atoms with Crippen molar-refractivity contribution in [2.45, 2.75) is 281 Å². The van der Waals surface area contributed by atoms with Gasteiger partial charge < -0.3 is 40.3 Å². The summed E-state index contributed by atoms with van der Waals surface area (Å²) in [5.74, 6) is -0.204. The molecule has 1 amide bonds. The molecular weight excluding hydrogens is 923 g/mol. The molecule has 1 rings (SSSR count). The van der Waals surface area contributed by atoms with Crippen LogP contribution in [0.5, 0.6) is 0 Å². The van der Waals surface area contributed by atoms with Gasteiger partial charge in [0.1, 0.15) is 24.4 Å². The van der Waals surface area contributed by atoms with Crippen LogP contribution in [0.3, 0.4) is 0 Å². The molecule has 424 valence electrons. The zero-order valence-corrected chi connectivity index (χ0v) is 47.1. The number of rotatable bonds is 50. The Kier molecular flexibility index (Phi) is 49.6. The van der Waals surface area contributed by atoms with E-state index < -0.39 is 49.5 Å². The van der Waals surface area contributed by atoms with Crippen LogP contribution in [-0.2, 0) is 14.3 Å². The number of hydrogen-bond donors (Lipinski definition) is 6. The van der Waals surface area contributed by atoms with Crippen LogP contribution in [0.25, 0.3) is 0 Å². The number of aliphatic hydroxyl groups excluding tert-OH is 5. The molecule has 7 atom stereocenters. The average Bonchev–Trinajstić information content (AvgIpc) is 3.40. The lowest BCUT2D eigenvalue weighted by molar-refractivity contribution is -0.302. The van der Waals surface area contributed by atoms with Gasteiger partial charge in [-0.2, -0.15) is 0 Å². The predicted molar refractivity (Wildman–Crippen MR) is 313 cm³/mol. The summed E-state index contributed by atoms with van der Waals surface area (Å²) in [6, 6.07) is -0.828. The normalized spacial score (nSPS) is 19.8. The maximum Gasteiger partial charge on any atom is 0.220 e. The number of nitrogens with one attached hydrogen (secondary N) is 1. The molecule has 0 aromatic heterocycles. The number of carbonyl (C=O) groups is 1.